The van der Waals surface area contributed by atoms with E-state index in [4.69, 9.17) is 10.7 Å². The molecule has 194 valence electrons. The maximum atomic E-state index is 13.9. The highest BCUT2D eigenvalue weighted by Gasteiger charge is 2.73. The molecule has 0 spiro atoms. The number of rotatable bonds is 10. The Bertz CT molecular complexity index is 679. The quantitative estimate of drug-likeness (QED) is 0.165. The Morgan fingerprint density at radius 1 is 0.594 bits per heavy atom. The largest absolute Gasteiger partial charge is 0.431 e. The fraction of sp³-hybridized carbons (Fsp3) is 1.00. The molecule has 0 aromatic heterocycles. The van der Waals surface area contributed by atoms with Crippen LogP contribution in [-0.4, -0.2) is 50.2 Å². The van der Waals surface area contributed by atoms with Crippen LogP contribution >= 0.6 is 10.7 Å². The average molecular weight is 549 g/mol. The molecule has 1 atom stereocenters. The predicted octanol–water partition coefficient (Wildman–Crippen LogP) is 7.18. The Labute approximate surface area is 176 Å². The summed E-state index contributed by atoms with van der Waals surface area (Å²) in [4.78, 5) is 0. The summed E-state index contributed by atoms with van der Waals surface area (Å²) in [6.45, 7) is 0. The minimum Gasteiger partial charge on any atom is -0.224 e. The molecule has 0 saturated heterocycles. The van der Waals surface area contributed by atoms with Crippen molar-refractivity contribution in [3.05, 3.63) is 0 Å². The maximum absolute atomic E-state index is 13.9. The molecule has 32 heavy (non-hydrogen) atoms. The van der Waals surface area contributed by atoms with Crippen molar-refractivity contribution in [2.24, 2.45) is 5.92 Å². The third-order valence-electron chi connectivity index (χ3n) is 4.52. The van der Waals surface area contributed by atoms with Crippen molar-refractivity contribution < 1.29 is 69.9 Å². The molecule has 0 aromatic carbocycles. The van der Waals surface area contributed by atoms with Crippen molar-refractivity contribution in [1.29, 1.82) is 0 Å². The summed E-state index contributed by atoms with van der Waals surface area (Å²) in [5.41, 5.74) is -11.5. The van der Waals surface area contributed by atoms with E-state index >= 15 is 0 Å². The van der Waals surface area contributed by atoms with Crippen LogP contribution < -0.4 is 0 Å². The molecule has 0 amide bonds. The summed E-state index contributed by atoms with van der Waals surface area (Å²) in [5.74, 6) is -3.40. The van der Waals surface area contributed by atoms with Gasteiger partial charge in [-0.3, -0.25) is 0 Å². The van der Waals surface area contributed by atoms with Gasteiger partial charge in [0.2, 0.25) is 9.05 Å². The standard InChI is InChI=1S/C14H15ClF14O2S/c15-32(30,31)6-4-8(7-10(17,13(24,25)26)14(27,28)29)3-1-2-5-9(16,11(18,19)20)12(21,22)23/h8H,1-7H2. The molecule has 0 radical (unpaired) electrons. The van der Waals surface area contributed by atoms with Gasteiger partial charge in [-0.25, -0.2) is 17.2 Å². The average Bonchev–Trinajstić information content (AvgIpc) is 2.50. The lowest BCUT2D eigenvalue weighted by molar-refractivity contribution is -0.346. The van der Waals surface area contributed by atoms with Gasteiger partial charge in [0, 0.05) is 17.1 Å². The van der Waals surface area contributed by atoms with Crippen molar-refractivity contribution in [1.82, 2.24) is 0 Å². The first kappa shape index (κ1) is 31.3. The van der Waals surface area contributed by atoms with Gasteiger partial charge in [0.25, 0.3) is 11.3 Å². The van der Waals surface area contributed by atoms with Gasteiger partial charge in [-0.05, 0) is 25.2 Å². The molecule has 0 aliphatic rings. The molecule has 0 aliphatic heterocycles. The molecule has 0 saturated carbocycles. The second kappa shape index (κ2) is 9.86. The van der Waals surface area contributed by atoms with E-state index in [0.29, 0.717) is 0 Å². The van der Waals surface area contributed by atoms with E-state index in [1.54, 1.807) is 0 Å². The number of hydrogen-bond donors (Lipinski definition) is 0. The Hall–Kier alpha value is -0.740. The van der Waals surface area contributed by atoms with Crippen molar-refractivity contribution in [2.75, 3.05) is 5.75 Å². The van der Waals surface area contributed by atoms with E-state index in [-0.39, 0.29) is 0 Å². The number of halogens is 15. The molecular formula is C14H15ClF14O2S. The molecule has 18 heteroatoms. The first-order valence-electron chi connectivity index (χ1n) is 8.35. The maximum Gasteiger partial charge on any atom is 0.431 e. The monoisotopic (exact) mass is 548 g/mol. The Balaban J connectivity index is 5.56. The minimum atomic E-state index is -6.52. The van der Waals surface area contributed by atoms with Gasteiger partial charge in [-0.2, -0.15) is 52.7 Å². The lowest BCUT2D eigenvalue weighted by atomic mass is 9.85. The van der Waals surface area contributed by atoms with E-state index in [1.165, 1.54) is 0 Å². The third-order valence-corrected chi connectivity index (χ3v) is 5.71. The van der Waals surface area contributed by atoms with Gasteiger partial charge in [0.15, 0.2) is 0 Å². The molecule has 0 bridgehead atoms. The summed E-state index contributed by atoms with van der Waals surface area (Å²) in [7, 11) is 0.276. The summed E-state index contributed by atoms with van der Waals surface area (Å²) in [5, 5.41) is 0. The van der Waals surface area contributed by atoms with Crippen LogP contribution in [0.2, 0.25) is 0 Å². The van der Waals surface area contributed by atoms with Crippen molar-refractivity contribution >= 4 is 19.7 Å². The van der Waals surface area contributed by atoms with Crippen LogP contribution in [0.25, 0.3) is 0 Å². The van der Waals surface area contributed by atoms with Crippen LogP contribution in [0.15, 0.2) is 0 Å². The number of alkyl halides is 14. The zero-order valence-electron chi connectivity index (χ0n) is 15.4. The van der Waals surface area contributed by atoms with Gasteiger partial charge in [0.1, 0.15) is 0 Å². The molecule has 0 heterocycles. The third kappa shape index (κ3) is 7.94. The van der Waals surface area contributed by atoms with E-state index < -0.39 is 95.3 Å². The fourth-order valence-corrected chi connectivity index (χ4v) is 3.57. The Morgan fingerprint density at radius 2 is 0.969 bits per heavy atom. The molecular weight excluding hydrogens is 534 g/mol. The van der Waals surface area contributed by atoms with Gasteiger partial charge in [-0.15, -0.1) is 0 Å². The van der Waals surface area contributed by atoms with Gasteiger partial charge >= 0.3 is 24.7 Å². The van der Waals surface area contributed by atoms with E-state index in [2.05, 4.69) is 0 Å². The molecule has 0 aliphatic carbocycles. The lowest BCUT2D eigenvalue weighted by Gasteiger charge is -2.33. The molecule has 1 unspecified atom stereocenters. The van der Waals surface area contributed by atoms with Crippen molar-refractivity contribution in [2.45, 2.75) is 74.6 Å². The van der Waals surface area contributed by atoms with Crippen LogP contribution in [0.4, 0.5) is 61.5 Å². The first-order chi connectivity index (χ1) is 13.8. The topological polar surface area (TPSA) is 34.1 Å². The highest BCUT2D eigenvalue weighted by molar-refractivity contribution is 8.13. The highest BCUT2D eigenvalue weighted by Crippen LogP contribution is 2.51. The smallest absolute Gasteiger partial charge is 0.224 e. The second-order valence-electron chi connectivity index (χ2n) is 6.94. The normalized spacial score (nSPS) is 16.3. The zero-order valence-corrected chi connectivity index (χ0v) is 17.0. The van der Waals surface area contributed by atoms with E-state index in [9.17, 15) is 69.9 Å². The SMILES string of the molecule is O=S(=O)(Cl)CCC(CCCCC(F)(C(F)(F)F)C(F)(F)F)CC(F)(C(F)(F)F)C(F)(F)F. The summed E-state index contributed by atoms with van der Waals surface area (Å²) < 4.78 is 200. The summed E-state index contributed by atoms with van der Waals surface area (Å²) >= 11 is 0. The fourth-order valence-electron chi connectivity index (χ4n) is 2.69. The van der Waals surface area contributed by atoms with Gasteiger partial charge in [0.05, 0.1) is 5.75 Å². The first-order valence-corrected chi connectivity index (χ1v) is 10.8. The van der Waals surface area contributed by atoms with Gasteiger partial charge in [-0.1, -0.05) is 12.8 Å². The number of hydrogen-bond acceptors (Lipinski definition) is 2. The molecule has 0 aromatic rings. The molecule has 0 N–H and O–H groups in total. The second-order valence-corrected chi connectivity index (χ2v) is 9.84. The van der Waals surface area contributed by atoms with E-state index in [0.717, 1.165) is 0 Å². The lowest BCUT2D eigenvalue weighted by Crippen LogP contribution is -2.54. The zero-order chi connectivity index (χ0) is 26.0. The van der Waals surface area contributed by atoms with Crippen LogP contribution in [-0.2, 0) is 9.05 Å². The number of unbranched alkanes of at least 4 members (excludes halogenated alkanes) is 1. The predicted molar refractivity (Wildman–Crippen MR) is 82.7 cm³/mol. The highest BCUT2D eigenvalue weighted by atomic mass is 35.7. The summed E-state index contributed by atoms with van der Waals surface area (Å²) in [6.07, 6.45) is -35.1. The van der Waals surface area contributed by atoms with Crippen LogP contribution in [0.3, 0.4) is 0 Å². The van der Waals surface area contributed by atoms with Gasteiger partial charge < -0.3 is 0 Å². The molecule has 2 nitrogen and oxygen atoms in total. The minimum absolute atomic E-state index is 1.00. The van der Waals surface area contributed by atoms with Crippen LogP contribution in [0.1, 0.15) is 38.5 Å². The Morgan fingerprint density at radius 3 is 1.28 bits per heavy atom. The van der Waals surface area contributed by atoms with Crippen LogP contribution in [0, 0.1) is 5.92 Å². The summed E-state index contributed by atoms with van der Waals surface area (Å²) in [6, 6.07) is 0. The van der Waals surface area contributed by atoms with Crippen molar-refractivity contribution in [3.63, 3.8) is 0 Å². The molecule has 0 rings (SSSR count). The molecule has 0 fully saturated rings. The van der Waals surface area contributed by atoms with E-state index in [1.807, 2.05) is 0 Å². The van der Waals surface area contributed by atoms with Crippen LogP contribution in [0.5, 0.6) is 0 Å². The Kier molecular flexibility index (Phi) is 9.63. The van der Waals surface area contributed by atoms with Crippen molar-refractivity contribution in [3.8, 4) is 0 Å².